The number of aliphatic hydroxyl groups excluding tert-OH is 1. The molecule has 0 amide bonds. The molecule has 23 heavy (non-hydrogen) atoms. The van der Waals surface area contributed by atoms with E-state index in [4.69, 9.17) is 14.6 Å². The summed E-state index contributed by atoms with van der Waals surface area (Å²) in [4.78, 5) is 15.6. The lowest BCUT2D eigenvalue weighted by atomic mass is 10.1. The van der Waals surface area contributed by atoms with Crippen LogP contribution in [-0.2, 0) is 0 Å². The fourth-order valence-electron chi connectivity index (χ4n) is 2.47. The third-order valence-electron chi connectivity index (χ3n) is 3.49. The van der Waals surface area contributed by atoms with E-state index >= 15 is 0 Å². The fourth-order valence-corrected chi connectivity index (χ4v) is 2.47. The number of halogens is 1. The SMILES string of the molecule is COc1c(OCO)ccc2[nH]c(-c3ccc(F)cc3)cc(=O)c12. The molecule has 3 rings (SSSR count). The van der Waals surface area contributed by atoms with Crippen molar-refractivity contribution in [3.05, 3.63) is 58.5 Å². The van der Waals surface area contributed by atoms with Crippen molar-refractivity contribution in [2.24, 2.45) is 0 Å². The van der Waals surface area contributed by atoms with Gasteiger partial charge in [-0.25, -0.2) is 4.39 Å². The van der Waals surface area contributed by atoms with E-state index in [1.54, 1.807) is 24.3 Å². The van der Waals surface area contributed by atoms with Crippen LogP contribution in [0.15, 0.2) is 47.3 Å². The second kappa shape index (κ2) is 6.10. The van der Waals surface area contributed by atoms with Crippen LogP contribution in [0.3, 0.4) is 0 Å². The predicted octanol–water partition coefficient (Wildman–Crippen LogP) is 2.67. The summed E-state index contributed by atoms with van der Waals surface area (Å²) in [6.45, 7) is -0.520. The Kier molecular flexibility index (Phi) is 3.99. The molecule has 2 aromatic carbocycles. The van der Waals surface area contributed by atoms with Gasteiger partial charge in [0.1, 0.15) is 5.82 Å². The third kappa shape index (κ3) is 2.76. The average molecular weight is 315 g/mol. The number of H-pyrrole nitrogens is 1. The average Bonchev–Trinajstić information content (AvgIpc) is 2.55. The van der Waals surface area contributed by atoms with Crippen LogP contribution in [0.2, 0.25) is 0 Å². The van der Waals surface area contributed by atoms with Crippen LogP contribution in [0.1, 0.15) is 0 Å². The lowest BCUT2D eigenvalue weighted by molar-refractivity contribution is 0.0957. The van der Waals surface area contributed by atoms with Crippen molar-refractivity contribution in [2.45, 2.75) is 0 Å². The Bertz CT molecular complexity index is 903. The van der Waals surface area contributed by atoms with Gasteiger partial charge in [0.15, 0.2) is 23.7 Å². The normalized spacial score (nSPS) is 10.7. The van der Waals surface area contributed by atoms with Crippen molar-refractivity contribution < 1.29 is 19.0 Å². The Morgan fingerprint density at radius 3 is 2.57 bits per heavy atom. The van der Waals surface area contributed by atoms with Gasteiger partial charge in [-0.3, -0.25) is 4.79 Å². The predicted molar refractivity (Wildman–Crippen MR) is 84.2 cm³/mol. The maximum absolute atomic E-state index is 13.0. The quantitative estimate of drug-likeness (QED) is 0.726. The molecule has 0 aliphatic carbocycles. The van der Waals surface area contributed by atoms with Crippen LogP contribution >= 0.6 is 0 Å². The van der Waals surface area contributed by atoms with Gasteiger partial charge in [-0.05, 0) is 42.0 Å². The van der Waals surface area contributed by atoms with Gasteiger partial charge in [0, 0.05) is 11.8 Å². The van der Waals surface area contributed by atoms with Crippen molar-refractivity contribution in [3.8, 4) is 22.8 Å². The summed E-state index contributed by atoms with van der Waals surface area (Å²) in [6.07, 6.45) is 0. The van der Waals surface area contributed by atoms with E-state index < -0.39 is 6.79 Å². The molecule has 0 saturated heterocycles. The molecule has 0 aliphatic rings. The molecule has 118 valence electrons. The van der Waals surface area contributed by atoms with Gasteiger partial charge in [0.25, 0.3) is 0 Å². The molecule has 2 N–H and O–H groups in total. The first-order valence-corrected chi connectivity index (χ1v) is 6.87. The van der Waals surface area contributed by atoms with Crippen LogP contribution in [0, 0.1) is 5.82 Å². The number of methoxy groups -OCH3 is 1. The molecule has 0 radical (unpaired) electrons. The minimum Gasteiger partial charge on any atom is -0.492 e. The highest BCUT2D eigenvalue weighted by Gasteiger charge is 2.14. The summed E-state index contributed by atoms with van der Waals surface area (Å²) in [7, 11) is 1.42. The summed E-state index contributed by atoms with van der Waals surface area (Å²) >= 11 is 0. The van der Waals surface area contributed by atoms with Gasteiger partial charge < -0.3 is 19.6 Å². The monoisotopic (exact) mass is 315 g/mol. The Morgan fingerprint density at radius 1 is 1.17 bits per heavy atom. The standard InChI is InChI=1S/C17H14FNO4/c1-22-17-15(23-9-20)7-6-12-16(17)14(21)8-13(19-12)10-2-4-11(18)5-3-10/h2-8,20H,9H2,1H3,(H,19,21). The second-order valence-corrected chi connectivity index (χ2v) is 4.85. The van der Waals surface area contributed by atoms with E-state index in [-0.39, 0.29) is 22.7 Å². The lowest BCUT2D eigenvalue weighted by Crippen LogP contribution is -2.07. The molecule has 0 atom stereocenters. The van der Waals surface area contributed by atoms with Crippen molar-refractivity contribution >= 4 is 10.9 Å². The number of hydrogen-bond donors (Lipinski definition) is 2. The summed E-state index contributed by atoms with van der Waals surface area (Å²) in [5.41, 5.74) is 1.55. The molecule has 0 spiro atoms. The molecule has 6 heteroatoms. The lowest BCUT2D eigenvalue weighted by Gasteiger charge is -2.12. The van der Waals surface area contributed by atoms with Gasteiger partial charge in [-0.2, -0.15) is 0 Å². The van der Waals surface area contributed by atoms with E-state index in [0.29, 0.717) is 22.2 Å². The van der Waals surface area contributed by atoms with Crippen LogP contribution < -0.4 is 14.9 Å². The van der Waals surface area contributed by atoms with Gasteiger partial charge in [-0.15, -0.1) is 0 Å². The van der Waals surface area contributed by atoms with Crippen LogP contribution in [0.4, 0.5) is 4.39 Å². The first kappa shape index (κ1) is 15.1. The van der Waals surface area contributed by atoms with Crippen LogP contribution in [0.25, 0.3) is 22.2 Å². The Labute approximate surface area is 130 Å². The number of fused-ring (bicyclic) bond motifs is 1. The molecule has 3 aromatic rings. The molecule has 0 unspecified atom stereocenters. The highest BCUT2D eigenvalue weighted by Crippen LogP contribution is 2.33. The molecule has 5 nitrogen and oxygen atoms in total. The van der Waals surface area contributed by atoms with Crippen molar-refractivity contribution in [3.63, 3.8) is 0 Å². The number of aliphatic hydroxyl groups is 1. The Balaban J connectivity index is 2.22. The number of rotatable bonds is 4. The molecule has 0 saturated carbocycles. The summed E-state index contributed by atoms with van der Waals surface area (Å²) < 4.78 is 23.3. The minimum absolute atomic E-state index is 0.253. The third-order valence-corrected chi connectivity index (χ3v) is 3.49. The molecule has 0 fully saturated rings. The summed E-state index contributed by atoms with van der Waals surface area (Å²) in [5.74, 6) is 0.190. The van der Waals surface area contributed by atoms with Crippen molar-refractivity contribution in [1.82, 2.24) is 4.98 Å². The number of nitrogens with one attached hydrogen (secondary N) is 1. The zero-order valence-corrected chi connectivity index (χ0v) is 12.3. The zero-order chi connectivity index (χ0) is 16.4. The highest BCUT2D eigenvalue weighted by molar-refractivity contribution is 5.89. The van der Waals surface area contributed by atoms with Crippen molar-refractivity contribution in [1.29, 1.82) is 0 Å². The maximum atomic E-state index is 13.0. The topological polar surface area (TPSA) is 71.5 Å². The molecule has 1 aromatic heterocycles. The second-order valence-electron chi connectivity index (χ2n) is 4.85. The van der Waals surface area contributed by atoms with Crippen molar-refractivity contribution in [2.75, 3.05) is 13.9 Å². The number of ether oxygens (including phenoxy) is 2. The van der Waals surface area contributed by atoms with Gasteiger partial charge >= 0.3 is 0 Å². The molecular weight excluding hydrogens is 301 g/mol. The molecule has 1 heterocycles. The Hall–Kier alpha value is -2.86. The van der Waals surface area contributed by atoms with E-state index in [9.17, 15) is 9.18 Å². The van der Waals surface area contributed by atoms with Gasteiger partial charge in [0.2, 0.25) is 0 Å². The van der Waals surface area contributed by atoms with Crippen LogP contribution in [0.5, 0.6) is 11.5 Å². The highest BCUT2D eigenvalue weighted by atomic mass is 19.1. The van der Waals surface area contributed by atoms with Gasteiger partial charge in [-0.1, -0.05) is 0 Å². The van der Waals surface area contributed by atoms with E-state index in [0.717, 1.165) is 0 Å². The molecule has 0 bridgehead atoms. The smallest absolute Gasteiger partial charge is 0.193 e. The molecular formula is C17H14FNO4. The van der Waals surface area contributed by atoms with E-state index in [1.807, 2.05) is 0 Å². The fraction of sp³-hybridized carbons (Fsp3) is 0.118. The van der Waals surface area contributed by atoms with Crippen LogP contribution in [-0.4, -0.2) is 24.0 Å². The number of benzene rings is 2. The molecule has 0 aliphatic heterocycles. The summed E-state index contributed by atoms with van der Waals surface area (Å²) in [6, 6.07) is 10.5. The Morgan fingerprint density at radius 2 is 1.91 bits per heavy atom. The number of hydrogen-bond acceptors (Lipinski definition) is 4. The first-order valence-electron chi connectivity index (χ1n) is 6.87. The van der Waals surface area contributed by atoms with E-state index in [1.165, 1.54) is 25.3 Å². The van der Waals surface area contributed by atoms with Gasteiger partial charge in [0.05, 0.1) is 18.0 Å². The minimum atomic E-state index is -0.520. The zero-order valence-electron chi connectivity index (χ0n) is 12.3. The first-order chi connectivity index (χ1) is 11.1. The summed E-state index contributed by atoms with van der Waals surface area (Å²) in [5, 5.41) is 9.23. The number of aromatic nitrogens is 1. The number of pyridine rings is 1. The number of aromatic amines is 1. The van der Waals surface area contributed by atoms with E-state index in [2.05, 4.69) is 4.98 Å². The maximum Gasteiger partial charge on any atom is 0.193 e. The largest absolute Gasteiger partial charge is 0.492 e.